The lowest BCUT2D eigenvalue weighted by atomic mass is 9.73. The molecule has 3 heterocycles. The van der Waals surface area contributed by atoms with Gasteiger partial charge in [-0.25, -0.2) is 0 Å². The molecule has 2 aliphatic carbocycles. The molecule has 1 aromatic carbocycles. The average molecular weight is 548 g/mol. The zero-order valence-corrected chi connectivity index (χ0v) is 24.6. The summed E-state index contributed by atoms with van der Waals surface area (Å²) in [6, 6.07) is 5.14. The minimum atomic E-state index is -1.11. The van der Waals surface area contributed by atoms with Crippen molar-refractivity contribution in [1.82, 2.24) is 10.2 Å². The number of aryl methyl sites for hydroxylation is 2. The molecule has 0 aromatic heterocycles. The van der Waals surface area contributed by atoms with Gasteiger partial charge in [-0.05, 0) is 74.1 Å². The summed E-state index contributed by atoms with van der Waals surface area (Å²) in [5.74, 6) is -0.615. The van der Waals surface area contributed by atoms with Crippen LogP contribution in [0.5, 0.6) is 0 Å². The van der Waals surface area contributed by atoms with Crippen LogP contribution < -0.4 is 10.6 Å². The Kier molecular flexibility index (Phi) is 7.09. The summed E-state index contributed by atoms with van der Waals surface area (Å²) in [5.41, 5.74) is 1.85. The fourth-order valence-corrected chi connectivity index (χ4v) is 8.37. The van der Waals surface area contributed by atoms with Crippen molar-refractivity contribution >= 4 is 23.4 Å². The summed E-state index contributed by atoms with van der Waals surface area (Å²) in [4.78, 5) is 44.4. The van der Waals surface area contributed by atoms with Crippen molar-refractivity contribution in [2.75, 3.05) is 5.32 Å². The third-order valence-corrected chi connectivity index (χ3v) is 11.1. The molecular formula is C33H45N3O4. The summed E-state index contributed by atoms with van der Waals surface area (Å²) in [7, 11) is 0. The Labute approximate surface area is 238 Å². The van der Waals surface area contributed by atoms with Crippen LogP contribution in [0.15, 0.2) is 30.4 Å². The fourth-order valence-electron chi connectivity index (χ4n) is 8.37. The molecular weight excluding hydrogens is 502 g/mol. The van der Waals surface area contributed by atoms with Gasteiger partial charge in [0, 0.05) is 17.8 Å². The summed E-state index contributed by atoms with van der Waals surface area (Å²) in [5, 5.41) is 6.45. The zero-order valence-electron chi connectivity index (χ0n) is 24.6. The van der Waals surface area contributed by atoms with Crippen LogP contribution in [-0.4, -0.2) is 52.5 Å². The first kappa shape index (κ1) is 27.5. The number of carbonyl (C=O) groups excluding carboxylic acids is 3. The van der Waals surface area contributed by atoms with E-state index in [1.54, 1.807) is 0 Å². The smallest absolute Gasteiger partial charge is 0.246 e. The van der Waals surface area contributed by atoms with Crippen LogP contribution in [0.4, 0.5) is 5.69 Å². The Bertz CT molecular complexity index is 1230. The van der Waals surface area contributed by atoms with Gasteiger partial charge in [-0.1, -0.05) is 64.7 Å². The van der Waals surface area contributed by atoms with E-state index in [1.807, 2.05) is 49.1 Å². The number of hydrogen-bond acceptors (Lipinski definition) is 4. The molecule has 2 N–H and O–H groups in total. The van der Waals surface area contributed by atoms with E-state index >= 15 is 0 Å². The Hall–Kier alpha value is -2.67. The Morgan fingerprint density at radius 1 is 0.950 bits per heavy atom. The first-order valence-corrected chi connectivity index (χ1v) is 15.5. The van der Waals surface area contributed by atoms with Crippen molar-refractivity contribution in [3.8, 4) is 0 Å². The van der Waals surface area contributed by atoms with Crippen LogP contribution in [0.3, 0.4) is 0 Å². The molecule has 7 nitrogen and oxygen atoms in total. The largest absolute Gasteiger partial charge is 0.359 e. The predicted molar refractivity (Wildman–Crippen MR) is 154 cm³/mol. The molecule has 0 unspecified atom stereocenters. The third-order valence-electron chi connectivity index (χ3n) is 11.1. The van der Waals surface area contributed by atoms with Crippen LogP contribution in [0, 0.1) is 43.4 Å². The highest BCUT2D eigenvalue weighted by Crippen LogP contribution is 2.56. The quantitative estimate of drug-likeness (QED) is 0.513. The number of rotatable bonds is 5. The first-order valence-electron chi connectivity index (χ1n) is 15.5. The van der Waals surface area contributed by atoms with E-state index in [2.05, 4.69) is 31.4 Å². The number of nitrogens with zero attached hydrogens (tertiary/aromatic N) is 1. The van der Waals surface area contributed by atoms with Gasteiger partial charge >= 0.3 is 0 Å². The molecule has 3 aliphatic heterocycles. The predicted octanol–water partition coefficient (Wildman–Crippen LogP) is 4.91. The molecule has 2 saturated carbocycles. The Morgan fingerprint density at radius 3 is 2.45 bits per heavy atom. The summed E-state index contributed by atoms with van der Waals surface area (Å²) >= 11 is 0. The van der Waals surface area contributed by atoms with Gasteiger partial charge in [-0.3, -0.25) is 14.4 Å². The second-order valence-electron chi connectivity index (χ2n) is 13.4. The lowest BCUT2D eigenvalue weighted by Gasteiger charge is -2.42. The van der Waals surface area contributed by atoms with E-state index in [-0.39, 0.29) is 29.8 Å². The molecule has 40 heavy (non-hydrogen) atoms. The monoisotopic (exact) mass is 547 g/mol. The van der Waals surface area contributed by atoms with Crippen LogP contribution in [0.2, 0.25) is 0 Å². The van der Waals surface area contributed by atoms with Gasteiger partial charge in [0.2, 0.25) is 17.7 Å². The highest BCUT2D eigenvalue weighted by atomic mass is 16.5. The van der Waals surface area contributed by atoms with E-state index in [0.717, 1.165) is 49.7 Å². The van der Waals surface area contributed by atoms with Crippen LogP contribution in [0.25, 0.3) is 0 Å². The lowest BCUT2D eigenvalue weighted by Crippen LogP contribution is -2.60. The molecule has 3 amide bonds. The van der Waals surface area contributed by atoms with Gasteiger partial charge in [-0.15, -0.1) is 0 Å². The van der Waals surface area contributed by atoms with Gasteiger partial charge in [0.1, 0.15) is 11.6 Å². The van der Waals surface area contributed by atoms with Gasteiger partial charge in [-0.2, -0.15) is 0 Å². The van der Waals surface area contributed by atoms with E-state index in [9.17, 15) is 14.4 Å². The number of hydrogen-bond donors (Lipinski definition) is 2. The Morgan fingerprint density at radius 2 is 1.70 bits per heavy atom. The minimum absolute atomic E-state index is 0.0285. The van der Waals surface area contributed by atoms with Crippen molar-refractivity contribution in [2.45, 2.75) is 109 Å². The standard InChI is InChI=1S/C33H45N3O4/c1-18-13-14-23(17-21(18)4)34-30(37)27-26-15-16-33(40-26)28(27)32(39)36(25-12-7-6-9-20(25)3)29(33)31(38)35-24-11-8-10-19(2)22(24)5/h13-17,19-20,22,24-29H,6-12H2,1-5H3,(H,34,37)(H,35,38)/t19-,20-,22-,24+,25-,26-,27+,28-,29-,33-/m0/s1. The molecule has 4 fully saturated rings. The average Bonchev–Trinajstić information content (AvgIpc) is 3.56. The molecule has 2 bridgehead atoms. The maximum atomic E-state index is 14.5. The van der Waals surface area contributed by atoms with Crippen molar-refractivity contribution in [1.29, 1.82) is 0 Å². The molecule has 10 atom stereocenters. The number of likely N-dealkylation sites (tertiary alicyclic amines) is 1. The molecule has 0 radical (unpaired) electrons. The van der Waals surface area contributed by atoms with Crippen LogP contribution in [-0.2, 0) is 19.1 Å². The zero-order chi connectivity index (χ0) is 28.3. The van der Waals surface area contributed by atoms with Gasteiger partial charge in [0.25, 0.3) is 0 Å². The van der Waals surface area contributed by atoms with Gasteiger partial charge in [0.15, 0.2) is 0 Å². The van der Waals surface area contributed by atoms with Crippen molar-refractivity contribution < 1.29 is 19.1 Å². The molecule has 1 aromatic rings. The molecule has 6 rings (SSSR count). The van der Waals surface area contributed by atoms with Gasteiger partial charge < -0.3 is 20.3 Å². The molecule has 2 saturated heterocycles. The van der Waals surface area contributed by atoms with E-state index in [0.29, 0.717) is 23.4 Å². The normalized spacial score (nSPS) is 40.3. The fraction of sp³-hybridized carbons (Fsp3) is 0.667. The van der Waals surface area contributed by atoms with Crippen molar-refractivity contribution in [3.05, 3.63) is 41.5 Å². The van der Waals surface area contributed by atoms with Crippen molar-refractivity contribution in [3.63, 3.8) is 0 Å². The summed E-state index contributed by atoms with van der Waals surface area (Å²) in [6.07, 6.45) is 10.6. The van der Waals surface area contributed by atoms with Crippen molar-refractivity contribution in [2.24, 2.45) is 29.6 Å². The summed E-state index contributed by atoms with van der Waals surface area (Å²) < 4.78 is 6.60. The Balaban J connectivity index is 1.33. The molecule has 216 valence electrons. The van der Waals surface area contributed by atoms with E-state index in [4.69, 9.17) is 4.74 Å². The number of ether oxygens (including phenoxy) is 1. The number of fused-ring (bicyclic) bond motifs is 1. The molecule has 1 spiro atoms. The summed E-state index contributed by atoms with van der Waals surface area (Å²) in [6.45, 7) is 10.7. The second kappa shape index (κ2) is 10.3. The molecule has 7 heteroatoms. The maximum absolute atomic E-state index is 14.5. The highest BCUT2D eigenvalue weighted by molar-refractivity contribution is 6.03. The minimum Gasteiger partial charge on any atom is -0.359 e. The number of carbonyl (C=O) groups is 3. The third kappa shape index (κ3) is 4.31. The van der Waals surface area contributed by atoms with E-state index < -0.39 is 29.6 Å². The lowest BCUT2D eigenvalue weighted by molar-refractivity contribution is -0.146. The highest BCUT2D eigenvalue weighted by Gasteiger charge is 2.73. The van der Waals surface area contributed by atoms with E-state index in [1.165, 1.54) is 6.42 Å². The first-order chi connectivity index (χ1) is 19.1. The number of nitrogens with one attached hydrogen (secondary N) is 2. The maximum Gasteiger partial charge on any atom is 0.246 e. The number of amides is 3. The SMILES string of the molecule is Cc1ccc(NC(=O)[C@@H]2[C@@H]3C=C[C@]4(O3)[C@@H]2C(=O)N([C@H]2CCCC[C@@H]2C)[C@H]4C(=O)N[C@@H]2CCC[C@H](C)[C@@H]2C)cc1C. The van der Waals surface area contributed by atoms with Crippen LogP contribution in [0.1, 0.15) is 76.8 Å². The van der Waals surface area contributed by atoms with Crippen LogP contribution >= 0.6 is 0 Å². The topological polar surface area (TPSA) is 87.7 Å². The number of anilines is 1. The second-order valence-corrected chi connectivity index (χ2v) is 13.4. The molecule has 5 aliphatic rings. The number of benzene rings is 1. The van der Waals surface area contributed by atoms with Gasteiger partial charge in [0.05, 0.1) is 17.9 Å².